The van der Waals surface area contributed by atoms with Crippen molar-refractivity contribution in [2.75, 3.05) is 13.7 Å². The average Bonchev–Trinajstić information content (AvgIpc) is 2.49. The van der Waals surface area contributed by atoms with Crippen molar-refractivity contribution < 1.29 is 19.4 Å². The zero-order valence-electron chi connectivity index (χ0n) is 12.1. The van der Waals surface area contributed by atoms with Crippen molar-refractivity contribution in [3.63, 3.8) is 0 Å². The van der Waals surface area contributed by atoms with Crippen molar-refractivity contribution in [3.05, 3.63) is 53.6 Å². The molecule has 0 fully saturated rings. The smallest absolute Gasteiger partial charge is 0.339 e. The van der Waals surface area contributed by atoms with E-state index in [2.05, 4.69) is 0 Å². The van der Waals surface area contributed by atoms with Gasteiger partial charge in [0.2, 0.25) is 0 Å². The van der Waals surface area contributed by atoms with Crippen molar-refractivity contribution >= 4 is 5.97 Å². The first kappa shape index (κ1) is 15.1. The summed E-state index contributed by atoms with van der Waals surface area (Å²) in [7, 11) is 1.65. The van der Waals surface area contributed by atoms with Gasteiger partial charge in [0.15, 0.2) is 0 Å². The third kappa shape index (κ3) is 3.61. The van der Waals surface area contributed by atoms with Crippen molar-refractivity contribution in [2.24, 2.45) is 0 Å². The number of carboxylic acids is 1. The van der Waals surface area contributed by atoms with Crippen LogP contribution in [0.2, 0.25) is 0 Å². The molecule has 4 nitrogen and oxygen atoms in total. The van der Waals surface area contributed by atoms with Gasteiger partial charge in [0.05, 0.1) is 13.2 Å². The summed E-state index contributed by atoms with van der Waals surface area (Å²) in [6, 6.07) is 13.0. The summed E-state index contributed by atoms with van der Waals surface area (Å²) in [4.78, 5) is 11.3. The molecule has 0 aliphatic rings. The quantitative estimate of drug-likeness (QED) is 0.881. The van der Waals surface area contributed by atoms with Crippen molar-refractivity contribution in [3.8, 4) is 16.9 Å². The second-order valence-corrected chi connectivity index (χ2v) is 4.58. The predicted molar refractivity (Wildman–Crippen MR) is 80.7 cm³/mol. The van der Waals surface area contributed by atoms with E-state index in [4.69, 9.17) is 9.47 Å². The van der Waals surface area contributed by atoms with E-state index in [1.54, 1.807) is 19.2 Å². The lowest BCUT2D eigenvalue weighted by atomic mass is 10.0. The van der Waals surface area contributed by atoms with Crippen molar-refractivity contribution in [2.45, 2.75) is 13.5 Å². The highest BCUT2D eigenvalue weighted by molar-refractivity contribution is 5.92. The fraction of sp³-hybridized carbons (Fsp3) is 0.235. The Morgan fingerprint density at radius 1 is 1.10 bits per heavy atom. The van der Waals surface area contributed by atoms with Crippen molar-refractivity contribution in [1.29, 1.82) is 0 Å². The van der Waals surface area contributed by atoms with E-state index in [0.717, 1.165) is 16.7 Å². The molecule has 0 aliphatic carbocycles. The van der Waals surface area contributed by atoms with Crippen LogP contribution >= 0.6 is 0 Å². The van der Waals surface area contributed by atoms with Gasteiger partial charge in [0, 0.05) is 7.11 Å². The molecular weight excluding hydrogens is 268 g/mol. The fourth-order valence-corrected chi connectivity index (χ4v) is 2.12. The van der Waals surface area contributed by atoms with Crippen LogP contribution < -0.4 is 4.74 Å². The molecule has 2 aromatic rings. The third-order valence-electron chi connectivity index (χ3n) is 3.11. The summed E-state index contributed by atoms with van der Waals surface area (Å²) in [6.45, 7) is 2.82. The molecule has 0 saturated carbocycles. The minimum atomic E-state index is -0.990. The Morgan fingerprint density at radius 2 is 1.76 bits per heavy atom. The standard InChI is InChI=1S/C17H18O4/c1-3-21-16-9-8-14(10-15(16)17(18)19)13-6-4-12(5-7-13)11-20-2/h4-10H,3,11H2,1-2H3,(H,18,19). The second kappa shape index (κ2) is 6.90. The van der Waals surface area contributed by atoms with E-state index >= 15 is 0 Å². The number of carbonyl (C=O) groups is 1. The van der Waals surface area contributed by atoms with E-state index in [9.17, 15) is 9.90 Å². The topological polar surface area (TPSA) is 55.8 Å². The highest BCUT2D eigenvalue weighted by Gasteiger charge is 2.12. The molecule has 0 amide bonds. The first-order chi connectivity index (χ1) is 10.2. The van der Waals surface area contributed by atoms with Crippen LogP contribution in [0.1, 0.15) is 22.8 Å². The number of hydrogen-bond donors (Lipinski definition) is 1. The van der Waals surface area contributed by atoms with Gasteiger partial charge in [0.25, 0.3) is 0 Å². The van der Waals surface area contributed by atoms with Crippen LogP contribution in [0.4, 0.5) is 0 Å². The summed E-state index contributed by atoms with van der Waals surface area (Å²) in [5.41, 5.74) is 3.06. The Bertz CT molecular complexity index is 617. The maximum Gasteiger partial charge on any atom is 0.339 e. The average molecular weight is 286 g/mol. The van der Waals surface area contributed by atoms with E-state index in [0.29, 0.717) is 19.0 Å². The van der Waals surface area contributed by atoms with Gasteiger partial charge in [-0.25, -0.2) is 4.79 Å². The maximum absolute atomic E-state index is 11.3. The molecule has 0 aliphatic heterocycles. The molecule has 0 saturated heterocycles. The highest BCUT2D eigenvalue weighted by atomic mass is 16.5. The Labute approximate surface area is 123 Å². The lowest BCUT2D eigenvalue weighted by Gasteiger charge is -2.10. The molecule has 0 unspecified atom stereocenters. The van der Waals surface area contributed by atoms with Gasteiger partial charge in [0.1, 0.15) is 11.3 Å². The molecule has 21 heavy (non-hydrogen) atoms. The predicted octanol–water partition coefficient (Wildman–Crippen LogP) is 3.60. The Hall–Kier alpha value is -2.33. The summed E-state index contributed by atoms with van der Waals surface area (Å²) < 4.78 is 10.4. The molecule has 0 aromatic heterocycles. The largest absolute Gasteiger partial charge is 0.493 e. The van der Waals surface area contributed by atoms with Crippen LogP contribution in [0, 0.1) is 0 Å². The number of methoxy groups -OCH3 is 1. The van der Waals surface area contributed by atoms with Gasteiger partial charge >= 0.3 is 5.97 Å². The number of rotatable bonds is 6. The molecule has 0 atom stereocenters. The molecule has 0 spiro atoms. The van der Waals surface area contributed by atoms with E-state index in [-0.39, 0.29) is 5.56 Å². The normalized spacial score (nSPS) is 10.4. The van der Waals surface area contributed by atoms with E-state index in [1.807, 2.05) is 37.3 Å². The summed E-state index contributed by atoms with van der Waals surface area (Å²) >= 11 is 0. The van der Waals surface area contributed by atoms with Gasteiger partial charge in [-0.05, 0) is 35.7 Å². The first-order valence-corrected chi connectivity index (χ1v) is 6.74. The summed E-state index contributed by atoms with van der Waals surface area (Å²) in [6.07, 6.45) is 0. The molecule has 110 valence electrons. The monoisotopic (exact) mass is 286 g/mol. The highest BCUT2D eigenvalue weighted by Crippen LogP contribution is 2.27. The molecule has 1 N–H and O–H groups in total. The minimum Gasteiger partial charge on any atom is -0.493 e. The fourth-order valence-electron chi connectivity index (χ4n) is 2.12. The Kier molecular flexibility index (Phi) is 4.95. The van der Waals surface area contributed by atoms with Crippen LogP contribution in [0.5, 0.6) is 5.75 Å². The lowest BCUT2D eigenvalue weighted by molar-refractivity contribution is 0.0692. The zero-order chi connectivity index (χ0) is 15.2. The summed E-state index contributed by atoms with van der Waals surface area (Å²) in [5.74, 6) is -0.596. The number of ether oxygens (including phenoxy) is 2. The second-order valence-electron chi connectivity index (χ2n) is 4.58. The number of benzene rings is 2. The van der Waals surface area contributed by atoms with Gasteiger partial charge < -0.3 is 14.6 Å². The van der Waals surface area contributed by atoms with Gasteiger partial charge in [-0.15, -0.1) is 0 Å². The molecule has 4 heteroatoms. The molecule has 0 bridgehead atoms. The first-order valence-electron chi connectivity index (χ1n) is 6.74. The Morgan fingerprint density at radius 3 is 2.33 bits per heavy atom. The van der Waals surface area contributed by atoms with Crippen LogP contribution in [-0.4, -0.2) is 24.8 Å². The molecule has 2 rings (SSSR count). The number of aromatic carboxylic acids is 1. The molecule has 0 heterocycles. The van der Waals surface area contributed by atoms with E-state index < -0.39 is 5.97 Å². The van der Waals surface area contributed by atoms with E-state index in [1.165, 1.54) is 0 Å². The molecule has 0 radical (unpaired) electrons. The maximum atomic E-state index is 11.3. The van der Waals surface area contributed by atoms with Crippen LogP contribution in [-0.2, 0) is 11.3 Å². The van der Waals surface area contributed by atoms with Gasteiger partial charge in [-0.1, -0.05) is 30.3 Å². The number of carboxylic acid groups (broad SMARTS) is 1. The summed E-state index contributed by atoms with van der Waals surface area (Å²) in [5, 5.41) is 9.28. The van der Waals surface area contributed by atoms with Gasteiger partial charge in [-0.3, -0.25) is 0 Å². The number of hydrogen-bond acceptors (Lipinski definition) is 3. The van der Waals surface area contributed by atoms with Gasteiger partial charge in [-0.2, -0.15) is 0 Å². The third-order valence-corrected chi connectivity index (χ3v) is 3.11. The van der Waals surface area contributed by atoms with Crippen LogP contribution in [0.25, 0.3) is 11.1 Å². The lowest BCUT2D eigenvalue weighted by Crippen LogP contribution is -2.03. The molecule has 2 aromatic carbocycles. The van der Waals surface area contributed by atoms with Crippen molar-refractivity contribution in [1.82, 2.24) is 0 Å². The Balaban J connectivity index is 2.35. The minimum absolute atomic E-state index is 0.176. The SMILES string of the molecule is CCOc1ccc(-c2ccc(COC)cc2)cc1C(=O)O. The van der Waals surface area contributed by atoms with Crippen LogP contribution in [0.3, 0.4) is 0 Å². The molecular formula is C17H18O4. The zero-order valence-corrected chi connectivity index (χ0v) is 12.1. The van der Waals surface area contributed by atoms with Crippen LogP contribution in [0.15, 0.2) is 42.5 Å².